The van der Waals surface area contributed by atoms with Crippen LogP contribution in [-0.2, 0) is 10.1 Å². The van der Waals surface area contributed by atoms with E-state index in [0.29, 0.717) is 0 Å². The average molecular weight is 313 g/mol. The molecule has 1 aliphatic rings. The lowest BCUT2D eigenvalue weighted by atomic mass is 10.4. The van der Waals surface area contributed by atoms with Crippen LogP contribution in [0.4, 0.5) is 0 Å². The molecular formula is C10H14Cl2N2O3S. The molecule has 8 heteroatoms. The highest BCUT2D eigenvalue weighted by Crippen LogP contribution is 2.24. The molecule has 0 aliphatic carbocycles. The second-order valence-corrected chi connectivity index (χ2v) is 5.78. The molecule has 1 saturated heterocycles. The molecule has 1 aromatic rings. The van der Waals surface area contributed by atoms with Gasteiger partial charge in [0.15, 0.2) is 0 Å². The predicted octanol–water partition coefficient (Wildman–Crippen LogP) is 1.42. The van der Waals surface area contributed by atoms with E-state index in [2.05, 4.69) is 10.6 Å². The van der Waals surface area contributed by atoms with Gasteiger partial charge in [-0.05, 0) is 18.2 Å². The summed E-state index contributed by atoms with van der Waals surface area (Å²) in [6, 6.07) is 3.81. The monoisotopic (exact) mass is 312 g/mol. The van der Waals surface area contributed by atoms with Crippen molar-refractivity contribution in [3.63, 3.8) is 0 Å². The Balaban J connectivity index is 0.000000225. The van der Waals surface area contributed by atoms with Gasteiger partial charge >= 0.3 is 0 Å². The molecule has 3 N–H and O–H groups in total. The van der Waals surface area contributed by atoms with Crippen LogP contribution in [0.3, 0.4) is 0 Å². The molecule has 0 aromatic heterocycles. The minimum Gasteiger partial charge on any atom is -0.314 e. The second kappa shape index (κ2) is 7.28. The van der Waals surface area contributed by atoms with Crippen LogP contribution in [0.2, 0.25) is 10.0 Å². The van der Waals surface area contributed by atoms with E-state index >= 15 is 0 Å². The first kappa shape index (κ1) is 15.7. The molecule has 0 atom stereocenters. The predicted molar refractivity (Wildman–Crippen MR) is 72.0 cm³/mol. The maximum absolute atomic E-state index is 10.6. The molecule has 0 saturated carbocycles. The lowest BCUT2D eigenvalue weighted by Crippen LogP contribution is -2.39. The van der Waals surface area contributed by atoms with Gasteiger partial charge in [-0.15, -0.1) is 0 Å². The third-order valence-corrected chi connectivity index (χ3v) is 3.70. The van der Waals surface area contributed by atoms with Crippen molar-refractivity contribution in [2.75, 3.05) is 26.2 Å². The zero-order chi connectivity index (χ0) is 13.6. The van der Waals surface area contributed by atoms with Crippen LogP contribution in [0.5, 0.6) is 0 Å². The van der Waals surface area contributed by atoms with Crippen molar-refractivity contribution in [2.24, 2.45) is 0 Å². The normalized spacial score (nSPS) is 15.7. The van der Waals surface area contributed by atoms with Crippen molar-refractivity contribution >= 4 is 33.3 Å². The summed E-state index contributed by atoms with van der Waals surface area (Å²) in [5, 5.41) is 6.59. The molecule has 0 bridgehead atoms. The van der Waals surface area contributed by atoms with Gasteiger partial charge in [0, 0.05) is 31.2 Å². The fourth-order valence-electron chi connectivity index (χ4n) is 1.28. The largest absolute Gasteiger partial charge is 0.314 e. The summed E-state index contributed by atoms with van der Waals surface area (Å²) in [4.78, 5) is -0.378. The van der Waals surface area contributed by atoms with Gasteiger partial charge in [0.05, 0.1) is 5.02 Å². The standard InChI is InChI=1S/C6H4Cl2O3S.C4H10N2/c7-4-1-2-5(8)6(3-4)12(9,10)11;1-2-6-4-3-5-1/h1-3H,(H,9,10,11);5-6H,1-4H2. The van der Waals surface area contributed by atoms with E-state index in [-0.39, 0.29) is 14.9 Å². The topological polar surface area (TPSA) is 78.4 Å². The van der Waals surface area contributed by atoms with Crippen LogP contribution in [0.15, 0.2) is 23.1 Å². The third-order valence-electron chi connectivity index (χ3n) is 2.13. The number of hydrogen-bond donors (Lipinski definition) is 3. The van der Waals surface area contributed by atoms with E-state index < -0.39 is 10.1 Å². The van der Waals surface area contributed by atoms with E-state index in [9.17, 15) is 8.42 Å². The molecule has 0 unspecified atom stereocenters. The molecule has 2 rings (SSSR count). The van der Waals surface area contributed by atoms with Crippen LogP contribution in [0.25, 0.3) is 0 Å². The number of piperazine rings is 1. The first-order chi connectivity index (χ1) is 8.41. The van der Waals surface area contributed by atoms with Crippen molar-refractivity contribution in [1.82, 2.24) is 10.6 Å². The lowest BCUT2D eigenvalue weighted by Gasteiger charge is -2.11. The van der Waals surface area contributed by atoms with E-state index in [1.807, 2.05) is 0 Å². The zero-order valence-electron chi connectivity index (χ0n) is 9.49. The van der Waals surface area contributed by atoms with Crippen molar-refractivity contribution in [2.45, 2.75) is 4.90 Å². The van der Waals surface area contributed by atoms with Crippen molar-refractivity contribution in [1.29, 1.82) is 0 Å². The molecular weight excluding hydrogens is 299 g/mol. The number of halogens is 2. The zero-order valence-corrected chi connectivity index (χ0v) is 11.8. The molecule has 5 nitrogen and oxygen atoms in total. The number of benzene rings is 1. The maximum Gasteiger partial charge on any atom is 0.296 e. The quantitative estimate of drug-likeness (QED) is 0.684. The summed E-state index contributed by atoms with van der Waals surface area (Å²) in [5.41, 5.74) is 0. The highest BCUT2D eigenvalue weighted by Gasteiger charge is 2.14. The van der Waals surface area contributed by atoms with Gasteiger partial charge < -0.3 is 10.6 Å². The Morgan fingerprint density at radius 1 is 1.06 bits per heavy atom. The van der Waals surface area contributed by atoms with Crippen LogP contribution >= 0.6 is 23.2 Å². The molecule has 102 valence electrons. The average Bonchev–Trinajstić information content (AvgIpc) is 2.34. The van der Waals surface area contributed by atoms with Crippen LogP contribution in [-0.4, -0.2) is 39.1 Å². The van der Waals surface area contributed by atoms with Gasteiger partial charge in [-0.1, -0.05) is 23.2 Å². The molecule has 0 spiro atoms. The van der Waals surface area contributed by atoms with E-state index in [1.54, 1.807) is 0 Å². The summed E-state index contributed by atoms with van der Waals surface area (Å²) in [6.45, 7) is 4.56. The SMILES string of the molecule is C1CNCCN1.O=S(=O)(O)c1cc(Cl)ccc1Cl. The molecule has 18 heavy (non-hydrogen) atoms. The highest BCUT2D eigenvalue weighted by atomic mass is 35.5. The Labute approximate surface area is 116 Å². The number of rotatable bonds is 1. The summed E-state index contributed by atoms with van der Waals surface area (Å²) < 4.78 is 29.9. The van der Waals surface area contributed by atoms with Gasteiger partial charge in [0.2, 0.25) is 0 Å². The number of hydrogen-bond acceptors (Lipinski definition) is 4. The van der Waals surface area contributed by atoms with E-state index in [4.69, 9.17) is 27.8 Å². The van der Waals surface area contributed by atoms with Crippen LogP contribution in [0, 0.1) is 0 Å². The first-order valence-corrected chi connectivity index (χ1v) is 7.45. The molecule has 0 radical (unpaired) electrons. The smallest absolute Gasteiger partial charge is 0.296 e. The van der Waals surface area contributed by atoms with Crippen molar-refractivity contribution in [3.05, 3.63) is 28.2 Å². The first-order valence-electron chi connectivity index (χ1n) is 5.25. The molecule has 1 aromatic carbocycles. The summed E-state index contributed by atoms with van der Waals surface area (Å²) in [5.74, 6) is 0. The Hall–Kier alpha value is -0.370. The minimum atomic E-state index is -4.27. The fourth-order valence-corrected chi connectivity index (χ4v) is 2.52. The molecule has 1 heterocycles. The Kier molecular flexibility index (Phi) is 6.34. The van der Waals surface area contributed by atoms with Gasteiger partial charge in [0.25, 0.3) is 10.1 Å². The summed E-state index contributed by atoms with van der Waals surface area (Å²) in [6.07, 6.45) is 0. The third kappa shape index (κ3) is 5.51. The Bertz CT molecular complexity index is 478. The minimum absolute atomic E-state index is 0.0538. The van der Waals surface area contributed by atoms with Crippen LogP contribution in [0.1, 0.15) is 0 Å². The van der Waals surface area contributed by atoms with Crippen molar-refractivity contribution in [3.8, 4) is 0 Å². The van der Waals surface area contributed by atoms with Gasteiger partial charge in [0.1, 0.15) is 4.90 Å². The lowest BCUT2D eigenvalue weighted by molar-refractivity contribution is 0.483. The van der Waals surface area contributed by atoms with Gasteiger partial charge in [-0.25, -0.2) is 0 Å². The van der Waals surface area contributed by atoms with Gasteiger partial charge in [-0.3, -0.25) is 4.55 Å². The molecule has 1 fully saturated rings. The van der Waals surface area contributed by atoms with E-state index in [1.165, 1.54) is 12.1 Å². The molecule has 1 aliphatic heterocycles. The summed E-state index contributed by atoms with van der Waals surface area (Å²) >= 11 is 11.0. The fraction of sp³-hybridized carbons (Fsp3) is 0.400. The van der Waals surface area contributed by atoms with Gasteiger partial charge in [-0.2, -0.15) is 8.42 Å². The highest BCUT2D eigenvalue weighted by molar-refractivity contribution is 7.86. The van der Waals surface area contributed by atoms with Crippen LogP contribution < -0.4 is 10.6 Å². The molecule has 0 amide bonds. The summed E-state index contributed by atoms with van der Waals surface area (Å²) in [7, 11) is -4.27. The second-order valence-electron chi connectivity index (χ2n) is 3.55. The Morgan fingerprint density at radius 2 is 1.56 bits per heavy atom. The van der Waals surface area contributed by atoms with E-state index in [0.717, 1.165) is 32.2 Å². The maximum atomic E-state index is 10.6. The number of nitrogens with one attached hydrogen (secondary N) is 2. The van der Waals surface area contributed by atoms with Crippen molar-refractivity contribution < 1.29 is 13.0 Å². The Morgan fingerprint density at radius 3 is 1.89 bits per heavy atom.